The number of hydrogen-bond donors (Lipinski definition) is 0. The Hall–Kier alpha value is -1.72. The predicted molar refractivity (Wildman–Crippen MR) is 84.9 cm³/mol. The van der Waals surface area contributed by atoms with Crippen molar-refractivity contribution in [3.63, 3.8) is 0 Å². The lowest BCUT2D eigenvalue weighted by molar-refractivity contribution is 0.163. The third kappa shape index (κ3) is 3.36. The molecular formula is C17H23FN4. The minimum absolute atomic E-state index is 0.119. The average Bonchev–Trinajstić information content (AvgIpc) is 2.95. The summed E-state index contributed by atoms with van der Waals surface area (Å²) in [6, 6.07) is 7.45. The van der Waals surface area contributed by atoms with Gasteiger partial charge in [-0.15, -0.1) is 0 Å². The Morgan fingerprint density at radius 2 is 2.14 bits per heavy atom. The highest BCUT2D eigenvalue weighted by molar-refractivity contribution is 5.17. The lowest BCUT2D eigenvalue weighted by Crippen LogP contribution is -2.37. The largest absolute Gasteiger partial charge is 0.329 e. The van der Waals surface area contributed by atoms with Gasteiger partial charge in [-0.1, -0.05) is 18.2 Å². The molecule has 1 aliphatic heterocycles. The van der Waals surface area contributed by atoms with Crippen LogP contribution in [0.4, 0.5) is 4.39 Å². The number of halogens is 1. The Kier molecular flexibility index (Phi) is 4.55. The summed E-state index contributed by atoms with van der Waals surface area (Å²) in [6.45, 7) is 3.45. The van der Waals surface area contributed by atoms with Gasteiger partial charge in [0.2, 0.25) is 0 Å². The first-order chi connectivity index (χ1) is 10.6. The van der Waals surface area contributed by atoms with Gasteiger partial charge in [0, 0.05) is 37.4 Å². The fourth-order valence-electron chi connectivity index (χ4n) is 3.09. The van der Waals surface area contributed by atoms with E-state index in [1.165, 1.54) is 11.8 Å². The first-order valence-corrected chi connectivity index (χ1v) is 7.74. The summed E-state index contributed by atoms with van der Waals surface area (Å²) < 4.78 is 16.2. The van der Waals surface area contributed by atoms with E-state index < -0.39 is 0 Å². The van der Waals surface area contributed by atoms with E-state index in [4.69, 9.17) is 0 Å². The maximum absolute atomic E-state index is 13.9. The van der Waals surface area contributed by atoms with Crippen molar-refractivity contribution in [2.75, 3.05) is 27.2 Å². The topological polar surface area (TPSA) is 24.3 Å². The molecule has 0 radical (unpaired) electrons. The van der Waals surface area contributed by atoms with E-state index in [2.05, 4.69) is 33.4 Å². The van der Waals surface area contributed by atoms with Crippen molar-refractivity contribution in [3.8, 4) is 0 Å². The van der Waals surface area contributed by atoms with Gasteiger partial charge in [0.25, 0.3) is 0 Å². The molecule has 2 heterocycles. The fraction of sp³-hybridized carbons (Fsp3) is 0.471. The van der Waals surface area contributed by atoms with Crippen molar-refractivity contribution in [3.05, 3.63) is 53.9 Å². The van der Waals surface area contributed by atoms with Gasteiger partial charge in [-0.05, 0) is 33.1 Å². The van der Waals surface area contributed by atoms with Crippen molar-refractivity contribution in [1.82, 2.24) is 19.4 Å². The molecule has 0 unspecified atom stereocenters. The van der Waals surface area contributed by atoms with E-state index in [0.29, 0.717) is 12.6 Å². The molecule has 1 aromatic heterocycles. The third-order valence-corrected chi connectivity index (χ3v) is 4.26. The fourth-order valence-corrected chi connectivity index (χ4v) is 3.09. The Bertz CT molecular complexity index is 623. The number of nitrogens with zero attached hydrogens (tertiary/aromatic N) is 4. The van der Waals surface area contributed by atoms with Crippen LogP contribution in [0.5, 0.6) is 0 Å². The molecule has 0 bridgehead atoms. The van der Waals surface area contributed by atoms with Gasteiger partial charge in [0.05, 0.1) is 12.0 Å². The highest BCUT2D eigenvalue weighted by Gasteiger charge is 2.25. The monoisotopic (exact) mass is 302 g/mol. The standard InChI is InChI=1S/C17H23FN4/c1-20(2)8-7-15-11-21(12-16-9-19-13-22(15)16)10-14-5-3-4-6-17(14)18/h3-6,9,13,15H,7-8,10-12H2,1-2H3/t15-/m0/s1. The molecule has 4 nitrogen and oxygen atoms in total. The SMILES string of the molecule is CN(C)CC[C@H]1CN(Cc2ccccc2F)Cc2cncn21. The molecule has 22 heavy (non-hydrogen) atoms. The van der Waals surface area contributed by atoms with E-state index in [-0.39, 0.29) is 5.82 Å². The Labute approximate surface area is 131 Å². The Morgan fingerprint density at radius 3 is 2.91 bits per heavy atom. The molecule has 1 aliphatic rings. The van der Waals surface area contributed by atoms with Crippen LogP contribution >= 0.6 is 0 Å². The molecular weight excluding hydrogens is 279 g/mol. The second-order valence-corrected chi connectivity index (χ2v) is 6.30. The Morgan fingerprint density at radius 1 is 1.32 bits per heavy atom. The molecule has 1 aromatic carbocycles. The molecule has 1 atom stereocenters. The molecule has 0 saturated carbocycles. The van der Waals surface area contributed by atoms with E-state index >= 15 is 0 Å². The number of hydrogen-bond acceptors (Lipinski definition) is 3. The van der Waals surface area contributed by atoms with Gasteiger partial charge in [0.1, 0.15) is 5.82 Å². The summed E-state index contributed by atoms with van der Waals surface area (Å²) >= 11 is 0. The number of imidazole rings is 1. The van der Waals surface area contributed by atoms with Crippen LogP contribution in [0.1, 0.15) is 23.7 Å². The van der Waals surface area contributed by atoms with Crippen LogP contribution in [0.3, 0.4) is 0 Å². The summed E-state index contributed by atoms with van der Waals surface area (Å²) in [5.74, 6) is -0.119. The minimum atomic E-state index is -0.119. The molecule has 5 heteroatoms. The lowest BCUT2D eigenvalue weighted by Gasteiger charge is -2.35. The quantitative estimate of drug-likeness (QED) is 0.848. The van der Waals surface area contributed by atoms with Crippen LogP contribution in [0, 0.1) is 5.82 Å². The maximum Gasteiger partial charge on any atom is 0.127 e. The molecule has 2 aromatic rings. The number of benzene rings is 1. The molecule has 0 N–H and O–H groups in total. The third-order valence-electron chi connectivity index (χ3n) is 4.26. The summed E-state index contributed by atoms with van der Waals surface area (Å²) in [5, 5.41) is 0. The van der Waals surface area contributed by atoms with Crippen LogP contribution in [-0.4, -0.2) is 46.5 Å². The smallest absolute Gasteiger partial charge is 0.127 e. The number of rotatable bonds is 5. The van der Waals surface area contributed by atoms with Crippen molar-refractivity contribution in [2.24, 2.45) is 0 Å². The van der Waals surface area contributed by atoms with Gasteiger partial charge in [-0.2, -0.15) is 0 Å². The summed E-state index contributed by atoms with van der Waals surface area (Å²) in [7, 11) is 4.18. The number of fused-ring (bicyclic) bond motifs is 1. The van der Waals surface area contributed by atoms with Crippen molar-refractivity contribution < 1.29 is 4.39 Å². The zero-order chi connectivity index (χ0) is 15.5. The van der Waals surface area contributed by atoms with Crippen LogP contribution in [0.15, 0.2) is 36.8 Å². The normalized spacial score (nSPS) is 18.6. The van der Waals surface area contributed by atoms with E-state index in [0.717, 1.165) is 31.6 Å². The van der Waals surface area contributed by atoms with E-state index in [1.807, 2.05) is 24.7 Å². The summed E-state index contributed by atoms with van der Waals surface area (Å²) in [4.78, 5) is 8.80. The van der Waals surface area contributed by atoms with Crippen molar-refractivity contribution in [1.29, 1.82) is 0 Å². The second-order valence-electron chi connectivity index (χ2n) is 6.30. The first-order valence-electron chi connectivity index (χ1n) is 7.74. The van der Waals surface area contributed by atoms with E-state index in [1.54, 1.807) is 6.07 Å². The van der Waals surface area contributed by atoms with Gasteiger partial charge in [-0.25, -0.2) is 9.37 Å². The molecule has 0 spiro atoms. The zero-order valence-electron chi connectivity index (χ0n) is 13.2. The molecule has 3 rings (SSSR count). The number of aromatic nitrogens is 2. The van der Waals surface area contributed by atoms with Gasteiger partial charge < -0.3 is 9.47 Å². The zero-order valence-corrected chi connectivity index (χ0v) is 13.2. The van der Waals surface area contributed by atoms with Crippen LogP contribution < -0.4 is 0 Å². The lowest BCUT2D eigenvalue weighted by atomic mass is 10.1. The molecule has 0 saturated heterocycles. The van der Waals surface area contributed by atoms with Gasteiger partial charge >= 0.3 is 0 Å². The average molecular weight is 302 g/mol. The minimum Gasteiger partial charge on any atom is -0.329 e. The highest BCUT2D eigenvalue weighted by Crippen LogP contribution is 2.25. The van der Waals surface area contributed by atoms with E-state index in [9.17, 15) is 4.39 Å². The van der Waals surface area contributed by atoms with Crippen molar-refractivity contribution in [2.45, 2.75) is 25.6 Å². The molecule has 0 amide bonds. The van der Waals surface area contributed by atoms with Crippen LogP contribution in [0.2, 0.25) is 0 Å². The van der Waals surface area contributed by atoms with Crippen molar-refractivity contribution >= 4 is 0 Å². The maximum atomic E-state index is 13.9. The summed E-state index contributed by atoms with van der Waals surface area (Å²) in [6.07, 6.45) is 4.93. The molecule has 0 aliphatic carbocycles. The molecule has 118 valence electrons. The van der Waals surface area contributed by atoms with Crippen LogP contribution in [-0.2, 0) is 13.1 Å². The highest BCUT2D eigenvalue weighted by atomic mass is 19.1. The van der Waals surface area contributed by atoms with Gasteiger partial charge in [0.15, 0.2) is 0 Å². The first kappa shape index (κ1) is 15.2. The molecule has 0 fully saturated rings. The second kappa shape index (κ2) is 6.58. The predicted octanol–water partition coefficient (Wildman–Crippen LogP) is 2.53. The van der Waals surface area contributed by atoms with Gasteiger partial charge in [-0.3, -0.25) is 4.90 Å². The summed E-state index contributed by atoms with van der Waals surface area (Å²) in [5.41, 5.74) is 1.98. The Balaban J connectivity index is 1.74. The van der Waals surface area contributed by atoms with Crippen LogP contribution in [0.25, 0.3) is 0 Å².